The average Bonchev–Trinajstić information content (AvgIpc) is 2.17. The van der Waals surface area contributed by atoms with Crippen LogP contribution in [0, 0.1) is 5.92 Å². The van der Waals surface area contributed by atoms with E-state index in [1.807, 2.05) is 37.3 Å². The van der Waals surface area contributed by atoms with Crippen molar-refractivity contribution in [3.63, 3.8) is 0 Å². The van der Waals surface area contributed by atoms with Crippen LogP contribution in [0.15, 0.2) is 30.3 Å². The maximum atomic E-state index is 9.80. The van der Waals surface area contributed by atoms with Gasteiger partial charge in [0, 0.05) is 5.92 Å². The van der Waals surface area contributed by atoms with E-state index < -0.39 is 12.2 Å². The van der Waals surface area contributed by atoms with Crippen LogP contribution in [0.25, 0.3) is 0 Å². The van der Waals surface area contributed by atoms with Crippen molar-refractivity contribution >= 4 is 0 Å². The van der Waals surface area contributed by atoms with Gasteiger partial charge in [-0.15, -0.1) is 0 Å². The monoisotopic (exact) mass is 180 g/mol. The molecule has 2 nitrogen and oxygen atoms in total. The Bertz CT molecular complexity index is 244. The third-order valence-corrected chi connectivity index (χ3v) is 2.40. The SMILES string of the molecule is CC(O)[C@@H](C)[C@@H](O)c1ccccc1. The van der Waals surface area contributed by atoms with E-state index in [0.717, 1.165) is 5.56 Å². The Balaban J connectivity index is 2.73. The lowest BCUT2D eigenvalue weighted by atomic mass is 9.93. The van der Waals surface area contributed by atoms with E-state index in [4.69, 9.17) is 0 Å². The minimum atomic E-state index is -0.582. The molecule has 0 heterocycles. The zero-order valence-electron chi connectivity index (χ0n) is 8.01. The normalized spacial score (nSPS) is 17.8. The van der Waals surface area contributed by atoms with Crippen LogP contribution in [0.2, 0.25) is 0 Å². The number of aliphatic hydroxyl groups excluding tert-OH is 2. The van der Waals surface area contributed by atoms with Gasteiger partial charge in [-0.25, -0.2) is 0 Å². The zero-order chi connectivity index (χ0) is 9.84. The topological polar surface area (TPSA) is 40.5 Å². The van der Waals surface area contributed by atoms with Gasteiger partial charge in [0.2, 0.25) is 0 Å². The van der Waals surface area contributed by atoms with Gasteiger partial charge in [0.15, 0.2) is 0 Å². The first-order valence-corrected chi connectivity index (χ1v) is 4.54. The standard InChI is InChI=1S/C11H16O2/c1-8(9(2)12)11(13)10-6-4-3-5-7-10/h3-9,11-13H,1-2H3/t8-,9?,11-/m1/s1. The van der Waals surface area contributed by atoms with Crippen molar-refractivity contribution in [1.82, 2.24) is 0 Å². The van der Waals surface area contributed by atoms with Crippen LogP contribution < -0.4 is 0 Å². The molecule has 2 N–H and O–H groups in total. The first-order chi connectivity index (χ1) is 6.13. The van der Waals surface area contributed by atoms with Crippen molar-refractivity contribution in [2.75, 3.05) is 0 Å². The van der Waals surface area contributed by atoms with Crippen LogP contribution in [0.4, 0.5) is 0 Å². The minimum absolute atomic E-state index is 0.137. The Morgan fingerprint density at radius 3 is 2.00 bits per heavy atom. The van der Waals surface area contributed by atoms with Crippen molar-refractivity contribution in [3.05, 3.63) is 35.9 Å². The molecule has 0 aromatic heterocycles. The maximum absolute atomic E-state index is 9.80. The summed E-state index contributed by atoms with van der Waals surface area (Å²) in [5.74, 6) is -0.137. The van der Waals surface area contributed by atoms with Gasteiger partial charge >= 0.3 is 0 Å². The molecule has 0 aliphatic heterocycles. The largest absolute Gasteiger partial charge is 0.393 e. The van der Waals surface area contributed by atoms with Crippen molar-refractivity contribution in [2.45, 2.75) is 26.1 Å². The van der Waals surface area contributed by atoms with Crippen LogP contribution in [-0.2, 0) is 0 Å². The highest BCUT2D eigenvalue weighted by molar-refractivity contribution is 5.17. The lowest BCUT2D eigenvalue weighted by Gasteiger charge is -2.21. The van der Waals surface area contributed by atoms with E-state index >= 15 is 0 Å². The second kappa shape index (κ2) is 4.40. The van der Waals surface area contributed by atoms with E-state index in [1.54, 1.807) is 6.92 Å². The van der Waals surface area contributed by atoms with Crippen LogP contribution in [0.5, 0.6) is 0 Å². The van der Waals surface area contributed by atoms with Gasteiger partial charge in [0.1, 0.15) is 0 Å². The van der Waals surface area contributed by atoms with E-state index in [2.05, 4.69) is 0 Å². The lowest BCUT2D eigenvalue weighted by Crippen LogP contribution is -2.20. The molecule has 0 aliphatic carbocycles. The van der Waals surface area contributed by atoms with Gasteiger partial charge in [0.25, 0.3) is 0 Å². The molecule has 1 aromatic carbocycles. The minimum Gasteiger partial charge on any atom is -0.393 e. The van der Waals surface area contributed by atoms with Crippen molar-refractivity contribution in [2.24, 2.45) is 5.92 Å². The van der Waals surface area contributed by atoms with Crippen LogP contribution in [0.1, 0.15) is 25.5 Å². The molecule has 0 radical (unpaired) electrons. The predicted octanol–water partition coefficient (Wildman–Crippen LogP) is 1.74. The fraction of sp³-hybridized carbons (Fsp3) is 0.455. The Morgan fingerprint density at radius 2 is 1.54 bits per heavy atom. The molecule has 0 saturated heterocycles. The molecule has 0 saturated carbocycles. The highest BCUT2D eigenvalue weighted by Crippen LogP contribution is 2.23. The number of aliphatic hydroxyl groups is 2. The van der Waals surface area contributed by atoms with E-state index in [0.29, 0.717) is 0 Å². The molecule has 1 aromatic rings. The second-order valence-corrected chi connectivity index (χ2v) is 3.46. The van der Waals surface area contributed by atoms with E-state index in [-0.39, 0.29) is 5.92 Å². The molecule has 0 fully saturated rings. The Labute approximate surface area is 78.8 Å². The molecule has 72 valence electrons. The molecule has 0 amide bonds. The molecule has 0 bridgehead atoms. The smallest absolute Gasteiger partial charge is 0.0840 e. The third-order valence-electron chi connectivity index (χ3n) is 2.40. The summed E-state index contributed by atoms with van der Waals surface area (Å²) in [4.78, 5) is 0. The van der Waals surface area contributed by atoms with Crippen LogP contribution in [0.3, 0.4) is 0 Å². The van der Waals surface area contributed by atoms with Crippen molar-refractivity contribution in [3.8, 4) is 0 Å². The Hall–Kier alpha value is -0.860. The van der Waals surface area contributed by atoms with Gasteiger partial charge in [-0.2, -0.15) is 0 Å². The molecule has 0 spiro atoms. The van der Waals surface area contributed by atoms with Crippen molar-refractivity contribution in [1.29, 1.82) is 0 Å². The summed E-state index contributed by atoms with van der Waals surface area (Å²) in [6.07, 6.45) is -1.07. The summed E-state index contributed by atoms with van der Waals surface area (Å²) >= 11 is 0. The highest BCUT2D eigenvalue weighted by Gasteiger charge is 2.19. The number of benzene rings is 1. The molecular weight excluding hydrogens is 164 g/mol. The first kappa shape index (κ1) is 10.2. The summed E-state index contributed by atoms with van der Waals surface area (Å²) in [5.41, 5.74) is 0.857. The van der Waals surface area contributed by atoms with E-state index in [1.165, 1.54) is 0 Å². The molecule has 0 aliphatic rings. The second-order valence-electron chi connectivity index (χ2n) is 3.46. The third kappa shape index (κ3) is 2.54. The fourth-order valence-corrected chi connectivity index (χ4v) is 1.22. The number of hydrogen-bond donors (Lipinski definition) is 2. The number of rotatable bonds is 3. The van der Waals surface area contributed by atoms with Gasteiger partial charge in [-0.05, 0) is 12.5 Å². The van der Waals surface area contributed by atoms with Crippen LogP contribution >= 0.6 is 0 Å². The summed E-state index contributed by atoms with van der Waals surface area (Å²) in [7, 11) is 0. The first-order valence-electron chi connectivity index (χ1n) is 4.54. The molecule has 1 rings (SSSR count). The molecule has 2 heteroatoms. The van der Waals surface area contributed by atoms with Crippen molar-refractivity contribution < 1.29 is 10.2 Å². The highest BCUT2D eigenvalue weighted by atomic mass is 16.3. The van der Waals surface area contributed by atoms with Gasteiger partial charge in [-0.3, -0.25) is 0 Å². The quantitative estimate of drug-likeness (QED) is 0.743. The molecule has 1 unspecified atom stereocenters. The fourth-order valence-electron chi connectivity index (χ4n) is 1.22. The Kier molecular flexibility index (Phi) is 3.46. The number of hydrogen-bond acceptors (Lipinski definition) is 2. The molecule has 3 atom stereocenters. The molecular formula is C11H16O2. The average molecular weight is 180 g/mol. The summed E-state index contributed by atoms with van der Waals surface area (Å²) in [5, 5.41) is 19.1. The van der Waals surface area contributed by atoms with Gasteiger partial charge in [0.05, 0.1) is 12.2 Å². The summed E-state index contributed by atoms with van der Waals surface area (Å²) in [6.45, 7) is 3.53. The molecule has 13 heavy (non-hydrogen) atoms. The zero-order valence-corrected chi connectivity index (χ0v) is 8.01. The summed E-state index contributed by atoms with van der Waals surface area (Å²) in [6, 6.07) is 9.40. The van der Waals surface area contributed by atoms with E-state index in [9.17, 15) is 10.2 Å². The predicted molar refractivity (Wildman–Crippen MR) is 52.2 cm³/mol. The lowest BCUT2D eigenvalue weighted by molar-refractivity contribution is 0.0307. The Morgan fingerprint density at radius 1 is 1.00 bits per heavy atom. The summed E-state index contributed by atoms with van der Waals surface area (Å²) < 4.78 is 0. The van der Waals surface area contributed by atoms with Gasteiger partial charge in [-0.1, -0.05) is 37.3 Å². The van der Waals surface area contributed by atoms with Crippen LogP contribution in [-0.4, -0.2) is 16.3 Å². The maximum Gasteiger partial charge on any atom is 0.0840 e. The van der Waals surface area contributed by atoms with Gasteiger partial charge < -0.3 is 10.2 Å².